The summed E-state index contributed by atoms with van der Waals surface area (Å²) in [7, 11) is 0. The van der Waals surface area contributed by atoms with Gasteiger partial charge < -0.3 is 9.64 Å². The normalized spacial score (nSPS) is 14.2. The first-order chi connectivity index (χ1) is 9.20. The minimum atomic E-state index is -0.234. The number of hydrogen-bond donors (Lipinski definition) is 0. The first kappa shape index (κ1) is 14.1. The SMILES string of the molecule is CCOC(=O)CCN(CC1CC1)C(=O)c1cccs1. The summed E-state index contributed by atoms with van der Waals surface area (Å²) < 4.78 is 4.91. The van der Waals surface area contributed by atoms with E-state index in [9.17, 15) is 9.59 Å². The fourth-order valence-corrected chi connectivity index (χ4v) is 2.59. The van der Waals surface area contributed by atoms with Crippen LogP contribution in [0.25, 0.3) is 0 Å². The molecule has 1 aliphatic carbocycles. The van der Waals surface area contributed by atoms with Gasteiger partial charge in [0.15, 0.2) is 0 Å². The Morgan fingerprint density at radius 1 is 1.47 bits per heavy atom. The predicted molar refractivity (Wildman–Crippen MR) is 74.2 cm³/mol. The second kappa shape index (κ2) is 6.70. The summed E-state index contributed by atoms with van der Waals surface area (Å²) in [5, 5.41) is 1.90. The summed E-state index contributed by atoms with van der Waals surface area (Å²) in [4.78, 5) is 26.3. The maximum atomic E-state index is 12.3. The Morgan fingerprint density at radius 3 is 2.84 bits per heavy atom. The highest BCUT2D eigenvalue weighted by Crippen LogP contribution is 2.30. The van der Waals surface area contributed by atoms with Crippen molar-refractivity contribution >= 4 is 23.2 Å². The van der Waals surface area contributed by atoms with Crippen LogP contribution in [0.4, 0.5) is 0 Å². The quantitative estimate of drug-likeness (QED) is 0.722. The lowest BCUT2D eigenvalue weighted by Crippen LogP contribution is -2.34. The van der Waals surface area contributed by atoms with Crippen LogP contribution in [0.15, 0.2) is 17.5 Å². The lowest BCUT2D eigenvalue weighted by Gasteiger charge is -2.21. The largest absolute Gasteiger partial charge is 0.466 e. The zero-order valence-electron chi connectivity index (χ0n) is 11.1. The van der Waals surface area contributed by atoms with Crippen molar-refractivity contribution < 1.29 is 14.3 Å². The van der Waals surface area contributed by atoms with Crippen LogP contribution in [-0.2, 0) is 9.53 Å². The minimum Gasteiger partial charge on any atom is -0.466 e. The van der Waals surface area contributed by atoms with E-state index >= 15 is 0 Å². The first-order valence-electron chi connectivity index (χ1n) is 6.69. The third-order valence-electron chi connectivity index (χ3n) is 3.09. The van der Waals surface area contributed by atoms with Gasteiger partial charge in [-0.15, -0.1) is 11.3 Å². The van der Waals surface area contributed by atoms with E-state index in [0.29, 0.717) is 19.1 Å². The van der Waals surface area contributed by atoms with Crippen LogP contribution in [-0.4, -0.2) is 36.5 Å². The lowest BCUT2D eigenvalue weighted by atomic mass is 10.3. The summed E-state index contributed by atoms with van der Waals surface area (Å²) in [6, 6.07) is 3.70. The smallest absolute Gasteiger partial charge is 0.307 e. The molecule has 2 rings (SSSR count). The third-order valence-corrected chi connectivity index (χ3v) is 3.94. The van der Waals surface area contributed by atoms with Crippen LogP contribution >= 0.6 is 11.3 Å². The predicted octanol–water partition coefficient (Wildman–Crippen LogP) is 2.55. The standard InChI is InChI=1S/C14H19NO3S/c1-2-18-13(16)7-8-15(10-11-5-6-11)14(17)12-4-3-9-19-12/h3-4,9,11H,2,5-8,10H2,1H3. The highest BCUT2D eigenvalue weighted by atomic mass is 32.1. The van der Waals surface area contributed by atoms with Crippen LogP contribution < -0.4 is 0 Å². The fourth-order valence-electron chi connectivity index (χ4n) is 1.90. The highest BCUT2D eigenvalue weighted by molar-refractivity contribution is 7.12. The molecule has 0 unspecified atom stereocenters. The van der Waals surface area contributed by atoms with Gasteiger partial charge in [0, 0.05) is 13.1 Å². The molecule has 0 atom stereocenters. The molecule has 1 amide bonds. The molecular weight excluding hydrogens is 262 g/mol. The van der Waals surface area contributed by atoms with Crippen LogP contribution in [0.3, 0.4) is 0 Å². The molecule has 1 aliphatic rings. The maximum absolute atomic E-state index is 12.3. The van der Waals surface area contributed by atoms with Crippen molar-refractivity contribution in [3.63, 3.8) is 0 Å². The summed E-state index contributed by atoms with van der Waals surface area (Å²) in [6.45, 7) is 3.39. The van der Waals surface area contributed by atoms with Gasteiger partial charge in [-0.3, -0.25) is 9.59 Å². The molecule has 1 aromatic heterocycles. The van der Waals surface area contributed by atoms with E-state index in [4.69, 9.17) is 4.74 Å². The molecule has 1 saturated carbocycles. The molecule has 0 radical (unpaired) electrons. The van der Waals surface area contributed by atoms with E-state index in [1.54, 1.807) is 11.8 Å². The van der Waals surface area contributed by atoms with E-state index in [-0.39, 0.29) is 18.3 Å². The van der Waals surface area contributed by atoms with E-state index < -0.39 is 0 Å². The van der Waals surface area contributed by atoms with Crippen molar-refractivity contribution in [2.75, 3.05) is 19.7 Å². The molecule has 0 N–H and O–H groups in total. The second-order valence-corrected chi connectivity index (χ2v) is 5.67. The highest BCUT2D eigenvalue weighted by Gasteiger charge is 2.27. The van der Waals surface area contributed by atoms with Crippen molar-refractivity contribution in [2.45, 2.75) is 26.2 Å². The monoisotopic (exact) mass is 281 g/mol. The molecular formula is C14H19NO3S. The summed E-state index contributed by atoms with van der Waals surface area (Å²) in [5.74, 6) is 0.416. The molecule has 1 heterocycles. The van der Waals surface area contributed by atoms with Crippen molar-refractivity contribution in [1.82, 2.24) is 4.90 Å². The van der Waals surface area contributed by atoms with Crippen molar-refractivity contribution in [1.29, 1.82) is 0 Å². The summed E-state index contributed by atoms with van der Waals surface area (Å²) >= 11 is 1.44. The summed E-state index contributed by atoms with van der Waals surface area (Å²) in [6.07, 6.45) is 2.65. The molecule has 1 aromatic rings. The number of amides is 1. The lowest BCUT2D eigenvalue weighted by molar-refractivity contribution is -0.143. The number of carbonyl (C=O) groups is 2. The van der Waals surface area contributed by atoms with E-state index in [1.165, 1.54) is 24.2 Å². The Morgan fingerprint density at radius 2 is 2.26 bits per heavy atom. The van der Waals surface area contributed by atoms with Crippen molar-refractivity contribution in [3.8, 4) is 0 Å². The summed E-state index contributed by atoms with van der Waals surface area (Å²) in [5.41, 5.74) is 0. The van der Waals surface area contributed by atoms with Crippen LogP contribution in [0, 0.1) is 5.92 Å². The molecule has 0 spiro atoms. The number of rotatable bonds is 7. The molecule has 4 nitrogen and oxygen atoms in total. The van der Waals surface area contributed by atoms with Gasteiger partial charge in [-0.25, -0.2) is 0 Å². The molecule has 0 aromatic carbocycles. The number of carbonyl (C=O) groups excluding carboxylic acids is 2. The van der Waals surface area contributed by atoms with Crippen molar-refractivity contribution in [2.24, 2.45) is 5.92 Å². The molecule has 19 heavy (non-hydrogen) atoms. The van der Waals surface area contributed by atoms with Crippen molar-refractivity contribution in [3.05, 3.63) is 22.4 Å². The van der Waals surface area contributed by atoms with Crippen LogP contribution in [0.5, 0.6) is 0 Å². The zero-order chi connectivity index (χ0) is 13.7. The van der Waals surface area contributed by atoms with E-state index in [0.717, 1.165) is 11.4 Å². The Balaban J connectivity index is 1.91. The minimum absolute atomic E-state index is 0.0335. The Bertz CT molecular complexity index is 426. The average molecular weight is 281 g/mol. The van der Waals surface area contributed by atoms with Gasteiger partial charge in [-0.2, -0.15) is 0 Å². The van der Waals surface area contributed by atoms with Gasteiger partial charge in [0.1, 0.15) is 0 Å². The number of thiophene rings is 1. The number of hydrogen-bond acceptors (Lipinski definition) is 4. The topological polar surface area (TPSA) is 46.6 Å². The van der Waals surface area contributed by atoms with E-state index in [2.05, 4.69) is 0 Å². The van der Waals surface area contributed by atoms with Crippen LogP contribution in [0.2, 0.25) is 0 Å². The molecule has 104 valence electrons. The van der Waals surface area contributed by atoms with E-state index in [1.807, 2.05) is 17.5 Å². The fraction of sp³-hybridized carbons (Fsp3) is 0.571. The van der Waals surface area contributed by atoms with Gasteiger partial charge >= 0.3 is 5.97 Å². The van der Waals surface area contributed by atoms with Gasteiger partial charge in [0.2, 0.25) is 0 Å². The average Bonchev–Trinajstić information content (AvgIpc) is 3.04. The van der Waals surface area contributed by atoms with Gasteiger partial charge in [-0.1, -0.05) is 6.07 Å². The van der Waals surface area contributed by atoms with Crippen LogP contribution in [0.1, 0.15) is 35.9 Å². The molecule has 0 bridgehead atoms. The number of nitrogens with zero attached hydrogens (tertiary/aromatic N) is 1. The van der Waals surface area contributed by atoms with Gasteiger partial charge in [0.05, 0.1) is 17.9 Å². The Hall–Kier alpha value is -1.36. The first-order valence-corrected chi connectivity index (χ1v) is 7.57. The zero-order valence-corrected chi connectivity index (χ0v) is 11.9. The third kappa shape index (κ3) is 4.35. The molecule has 0 aliphatic heterocycles. The maximum Gasteiger partial charge on any atom is 0.307 e. The molecule has 5 heteroatoms. The second-order valence-electron chi connectivity index (χ2n) is 4.73. The molecule has 0 saturated heterocycles. The Kier molecular flexibility index (Phi) is 4.96. The molecule has 1 fully saturated rings. The Labute approximate surface area is 117 Å². The van der Waals surface area contributed by atoms with Gasteiger partial charge in [-0.05, 0) is 37.1 Å². The van der Waals surface area contributed by atoms with Gasteiger partial charge in [0.25, 0.3) is 5.91 Å². The number of esters is 1. The number of ether oxygens (including phenoxy) is 1.